The van der Waals surface area contributed by atoms with E-state index in [4.69, 9.17) is 4.74 Å². The standard InChI is InChI=1S/C20H24N2O3/c1-15-6-5-9-18(12-15)25-14-17(23)13-22-11-10-21-20(24)19(22)16-7-3-2-4-8-16/h2-9,12,17,19,23H,10-11,13-14H2,1H3,(H,21,24). The lowest BCUT2D eigenvalue weighted by molar-refractivity contribution is -0.130. The zero-order valence-electron chi connectivity index (χ0n) is 14.4. The maximum Gasteiger partial charge on any atom is 0.242 e. The van der Waals surface area contributed by atoms with E-state index in [1.807, 2.05) is 66.4 Å². The van der Waals surface area contributed by atoms with Gasteiger partial charge in [-0.1, -0.05) is 42.5 Å². The van der Waals surface area contributed by atoms with Crippen LogP contribution in [0, 0.1) is 6.92 Å². The zero-order valence-corrected chi connectivity index (χ0v) is 14.4. The van der Waals surface area contributed by atoms with E-state index in [2.05, 4.69) is 5.32 Å². The Balaban J connectivity index is 1.62. The number of piperazine rings is 1. The van der Waals surface area contributed by atoms with Crippen molar-refractivity contribution in [3.8, 4) is 5.75 Å². The lowest BCUT2D eigenvalue weighted by Gasteiger charge is -2.36. The highest BCUT2D eigenvalue weighted by atomic mass is 16.5. The van der Waals surface area contributed by atoms with Gasteiger partial charge in [0.25, 0.3) is 0 Å². The van der Waals surface area contributed by atoms with Gasteiger partial charge in [-0.2, -0.15) is 0 Å². The first-order chi connectivity index (χ1) is 12.1. The molecule has 5 nitrogen and oxygen atoms in total. The van der Waals surface area contributed by atoms with E-state index in [9.17, 15) is 9.90 Å². The van der Waals surface area contributed by atoms with Gasteiger partial charge in [0, 0.05) is 19.6 Å². The van der Waals surface area contributed by atoms with Gasteiger partial charge in [0.1, 0.15) is 24.5 Å². The molecule has 1 aliphatic heterocycles. The van der Waals surface area contributed by atoms with Gasteiger partial charge in [-0.05, 0) is 30.2 Å². The Labute approximate surface area is 148 Å². The van der Waals surface area contributed by atoms with Gasteiger partial charge in [-0.25, -0.2) is 0 Å². The van der Waals surface area contributed by atoms with Crippen LogP contribution in [0.2, 0.25) is 0 Å². The number of rotatable bonds is 6. The highest BCUT2D eigenvalue weighted by molar-refractivity contribution is 5.83. The number of nitrogens with zero attached hydrogens (tertiary/aromatic N) is 1. The lowest BCUT2D eigenvalue weighted by Crippen LogP contribution is -2.52. The molecule has 2 aromatic rings. The summed E-state index contributed by atoms with van der Waals surface area (Å²) >= 11 is 0. The molecule has 2 aromatic carbocycles. The average molecular weight is 340 g/mol. The molecule has 0 radical (unpaired) electrons. The van der Waals surface area contributed by atoms with Crippen molar-refractivity contribution in [1.82, 2.24) is 10.2 Å². The monoisotopic (exact) mass is 340 g/mol. The van der Waals surface area contributed by atoms with E-state index in [1.165, 1.54) is 0 Å². The van der Waals surface area contributed by atoms with Gasteiger partial charge < -0.3 is 15.2 Å². The molecule has 0 spiro atoms. The van der Waals surface area contributed by atoms with Crippen molar-refractivity contribution in [3.05, 3.63) is 65.7 Å². The summed E-state index contributed by atoms with van der Waals surface area (Å²) in [7, 11) is 0. The van der Waals surface area contributed by atoms with Gasteiger partial charge in [0.05, 0.1) is 0 Å². The quantitative estimate of drug-likeness (QED) is 0.843. The molecule has 3 rings (SSSR count). The fraction of sp³-hybridized carbons (Fsp3) is 0.350. The van der Waals surface area contributed by atoms with Gasteiger partial charge in [0.15, 0.2) is 0 Å². The molecule has 0 aromatic heterocycles. The van der Waals surface area contributed by atoms with Crippen molar-refractivity contribution in [2.24, 2.45) is 0 Å². The number of ether oxygens (including phenoxy) is 1. The summed E-state index contributed by atoms with van der Waals surface area (Å²) < 4.78 is 5.68. The number of aryl methyl sites for hydroxylation is 1. The molecule has 1 heterocycles. The van der Waals surface area contributed by atoms with Gasteiger partial charge >= 0.3 is 0 Å². The highest BCUT2D eigenvalue weighted by Crippen LogP contribution is 2.23. The number of amides is 1. The number of aliphatic hydroxyl groups excluding tert-OH is 1. The Morgan fingerprint density at radius 2 is 2.04 bits per heavy atom. The highest BCUT2D eigenvalue weighted by Gasteiger charge is 2.32. The molecule has 132 valence electrons. The largest absolute Gasteiger partial charge is 0.491 e. The van der Waals surface area contributed by atoms with Crippen molar-refractivity contribution >= 4 is 5.91 Å². The van der Waals surface area contributed by atoms with Crippen LogP contribution in [-0.2, 0) is 4.79 Å². The molecule has 25 heavy (non-hydrogen) atoms. The van der Waals surface area contributed by atoms with Crippen molar-refractivity contribution < 1.29 is 14.6 Å². The van der Waals surface area contributed by atoms with E-state index in [0.29, 0.717) is 19.6 Å². The Morgan fingerprint density at radius 1 is 1.24 bits per heavy atom. The number of aliphatic hydroxyl groups is 1. The first-order valence-electron chi connectivity index (χ1n) is 8.58. The van der Waals surface area contributed by atoms with E-state index < -0.39 is 6.10 Å². The topological polar surface area (TPSA) is 61.8 Å². The van der Waals surface area contributed by atoms with Crippen LogP contribution in [0.3, 0.4) is 0 Å². The second-order valence-corrected chi connectivity index (χ2v) is 6.38. The third-order valence-electron chi connectivity index (χ3n) is 4.30. The molecular formula is C20H24N2O3. The second-order valence-electron chi connectivity index (χ2n) is 6.38. The summed E-state index contributed by atoms with van der Waals surface area (Å²) in [5.74, 6) is 0.722. The minimum absolute atomic E-state index is 0.0238. The smallest absolute Gasteiger partial charge is 0.242 e. The average Bonchev–Trinajstić information content (AvgIpc) is 2.61. The molecule has 1 amide bonds. The summed E-state index contributed by atoms with van der Waals surface area (Å²) in [6.45, 7) is 3.88. The SMILES string of the molecule is Cc1cccc(OCC(O)CN2CCNC(=O)C2c2ccccc2)c1. The third kappa shape index (κ3) is 4.59. The number of carbonyl (C=O) groups excluding carboxylic acids is 1. The molecule has 2 N–H and O–H groups in total. The fourth-order valence-corrected chi connectivity index (χ4v) is 3.13. The molecule has 2 atom stereocenters. The van der Waals surface area contributed by atoms with E-state index in [-0.39, 0.29) is 18.6 Å². The molecular weight excluding hydrogens is 316 g/mol. The van der Waals surface area contributed by atoms with Crippen LogP contribution in [0.5, 0.6) is 5.75 Å². The third-order valence-corrected chi connectivity index (χ3v) is 4.30. The number of nitrogens with one attached hydrogen (secondary N) is 1. The van der Waals surface area contributed by atoms with E-state index in [0.717, 1.165) is 16.9 Å². The zero-order chi connectivity index (χ0) is 17.6. The van der Waals surface area contributed by atoms with Crippen LogP contribution in [-0.4, -0.2) is 48.3 Å². The minimum Gasteiger partial charge on any atom is -0.491 e. The molecule has 1 saturated heterocycles. The summed E-state index contributed by atoms with van der Waals surface area (Å²) in [4.78, 5) is 14.4. The maximum absolute atomic E-state index is 12.3. The Hall–Kier alpha value is -2.37. The first-order valence-corrected chi connectivity index (χ1v) is 8.58. The lowest BCUT2D eigenvalue weighted by atomic mass is 10.0. The number of β-amino-alcohol motifs (C(OH)–C–C–N with tert-alkyl or cyclic N) is 1. The summed E-state index contributed by atoms with van der Waals surface area (Å²) in [6.07, 6.45) is -0.669. The Bertz CT molecular complexity index is 705. The van der Waals surface area contributed by atoms with E-state index >= 15 is 0 Å². The van der Waals surface area contributed by atoms with Crippen molar-refractivity contribution in [3.63, 3.8) is 0 Å². The van der Waals surface area contributed by atoms with Gasteiger partial charge in [-0.3, -0.25) is 9.69 Å². The minimum atomic E-state index is -0.669. The number of hydrogen-bond acceptors (Lipinski definition) is 4. The number of carbonyl (C=O) groups is 1. The van der Waals surface area contributed by atoms with Crippen LogP contribution < -0.4 is 10.1 Å². The molecule has 1 aliphatic rings. The first kappa shape index (κ1) is 17.5. The predicted octanol–water partition coefficient (Wildman–Crippen LogP) is 1.91. The molecule has 0 saturated carbocycles. The molecule has 2 unspecified atom stereocenters. The second kappa shape index (κ2) is 8.14. The normalized spacial score (nSPS) is 19.3. The van der Waals surface area contributed by atoms with Gasteiger partial charge in [-0.15, -0.1) is 0 Å². The van der Waals surface area contributed by atoms with Crippen LogP contribution in [0.1, 0.15) is 17.2 Å². The van der Waals surface area contributed by atoms with Crippen LogP contribution >= 0.6 is 0 Å². The van der Waals surface area contributed by atoms with Crippen LogP contribution in [0.4, 0.5) is 0 Å². The van der Waals surface area contributed by atoms with Crippen LogP contribution in [0.25, 0.3) is 0 Å². The summed E-state index contributed by atoms with van der Waals surface area (Å²) in [5.41, 5.74) is 2.05. The Kier molecular flexibility index (Phi) is 5.68. The van der Waals surface area contributed by atoms with Crippen LogP contribution in [0.15, 0.2) is 54.6 Å². The fourth-order valence-electron chi connectivity index (χ4n) is 3.13. The molecule has 0 bridgehead atoms. The molecule has 1 fully saturated rings. The van der Waals surface area contributed by atoms with E-state index in [1.54, 1.807) is 0 Å². The van der Waals surface area contributed by atoms with Crippen molar-refractivity contribution in [2.45, 2.75) is 19.1 Å². The maximum atomic E-state index is 12.3. The number of benzene rings is 2. The summed E-state index contributed by atoms with van der Waals surface area (Å²) in [6, 6.07) is 17.0. The van der Waals surface area contributed by atoms with Crippen molar-refractivity contribution in [2.75, 3.05) is 26.2 Å². The summed E-state index contributed by atoms with van der Waals surface area (Å²) in [5, 5.41) is 13.3. The number of hydrogen-bond donors (Lipinski definition) is 2. The van der Waals surface area contributed by atoms with Crippen molar-refractivity contribution in [1.29, 1.82) is 0 Å². The predicted molar refractivity (Wildman–Crippen MR) is 96.4 cm³/mol. The molecule has 0 aliphatic carbocycles. The molecule has 5 heteroatoms. The van der Waals surface area contributed by atoms with Gasteiger partial charge in [0.2, 0.25) is 5.91 Å². The Morgan fingerprint density at radius 3 is 2.80 bits per heavy atom.